The second-order valence-corrected chi connectivity index (χ2v) is 7.60. The molecule has 0 unspecified atom stereocenters. The van der Waals surface area contributed by atoms with Crippen molar-refractivity contribution in [3.8, 4) is 11.5 Å². The Kier molecular flexibility index (Phi) is 5.96. The van der Waals surface area contributed by atoms with E-state index in [2.05, 4.69) is 10.7 Å². The van der Waals surface area contributed by atoms with Crippen LogP contribution in [0.4, 0.5) is 4.79 Å². The highest BCUT2D eigenvalue weighted by Gasteiger charge is 2.50. The summed E-state index contributed by atoms with van der Waals surface area (Å²) in [6.07, 6.45) is 0. The van der Waals surface area contributed by atoms with Gasteiger partial charge in [-0.3, -0.25) is 15.0 Å². The van der Waals surface area contributed by atoms with Gasteiger partial charge in [0.1, 0.15) is 17.0 Å². The molecule has 1 fully saturated rings. The Balaban J connectivity index is 1.72. The number of hydrogen-bond acceptors (Lipinski definition) is 5. The maximum absolute atomic E-state index is 13.0. The van der Waals surface area contributed by atoms with Gasteiger partial charge in [0.05, 0.1) is 13.7 Å². The molecule has 3 rings (SSSR count). The van der Waals surface area contributed by atoms with Crippen molar-refractivity contribution >= 4 is 17.8 Å². The van der Waals surface area contributed by atoms with Crippen LogP contribution in [0.15, 0.2) is 48.5 Å². The maximum Gasteiger partial charge on any atom is 0.344 e. The molecule has 30 heavy (non-hydrogen) atoms. The van der Waals surface area contributed by atoms with Crippen molar-refractivity contribution in [3.63, 3.8) is 0 Å². The number of nitrogens with zero attached hydrogens (tertiary/aromatic N) is 1. The van der Waals surface area contributed by atoms with Gasteiger partial charge in [0, 0.05) is 5.56 Å². The highest BCUT2D eigenvalue weighted by molar-refractivity contribution is 6.09. The summed E-state index contributed by atoms with van der Waals surface area (Å²) in [5.41, 5.74) is 1.89. The molecular formula is C22H25N3O5. The van der Waals surface area contributed by atoms with Gasteiger partial charge < -0.3 is 14.8 Å². The molecule has 1 saturated heterocycles. The van der Waals surface area contributed by atoms with Crippen LogP contribution in [0.2, 0.25) is 0 Å². The summed E-state index contributed by atoms with van der Waals surface area (Å²) >= 11 is 0. The van der Waals surface area contributed by atoms with E-state index in [9.17, 15) is 14.4 Å². The lowest BCUT2D eigenvalue weighted by Crippen LogP contribution is -2.47. The molecule has 0 bridgehead atoms. The Morgan fingerprint density at radius 3 is 2.47 bits per heavy atom. The molecular weight excluding hydrogens is 386 g/mol. The number of nitrogens with one attached hydrogen (secondary N) is 2. The molecule has 2 aromatic carbocycles. The molecule has 0 spiro atoms. The number of rotatable bonds is 7. The molecule has 1 aliphatic heterocycles. The second kappa shape index (κ2) is 8.44. The molecule has 1 aliphatic rings. The van der Waals surface area contributed by atoms with Crippen LogP contribution >= 0.6 is 0 Å². The number of carbonyl (C=O) groups excluding carboxylic acids is 3. The molecule has 0 saturated carbocycles. The van der Waals surface area contributed by atoms with E-state index in [0.717, 1.165) is 0 Å². The minimum absolute atomic E-state index is 0.294. The number of hydrogen-bond donors (Lipinski definition) is 2. The van der Waals surface area contributed by atoms with Crippen LogP contribution in [-0.2, 0) is 10.3 Å². The van der Waals surface area contributed by atoms with Crippen molar-refractivity contribution in [3.05, 3.63) is 59.7 Å². The SMILES string of the molecule is COc1cccc([C@@]2(C)NC(=O)N(NC(=O)c3ccc(OCC(C)C)cc3)C2=O)c1. The van der Waals surface area contributed by atoms with E-state index < -0.39 is 23.4 Å². The van der Waals surface area contributed by atoms with Crippen molar-refractivity contribution < 1.29 is 23.9 Å². The van der Waals surface area contributed by atoms with Gasteiger partial charge in [0.15, 0.2) is 0 Å². The molecule has 2 N–H and O–H groups in total. The normalized spacial score (nSPS) is 18.4. The standard InChI is InChI=1S/C22H25N3O5/c1-14(2)13-30-17-10-8-15(9-11-17)19(26)24-25-20(27)22(3,23-21(25)28)16-6-5-7-18(12-16)29-4/h5-12,14H,13H2,1-4H3,(H,23,28)(H,24,26)/t22-/m1/s1. The van der Waals surface area contributed by atoms with Crippen molar-refractivity contribution in [1.82, 2.24) is 15.8 Å². The summed E-state index contributed by atoms with van der Waals surface area (Å²) in [5, 5.41) is 3.34. The Morgan fingerprint density at radius 1 is 1.13 bits per heavy atom. The number of imide groups is 1. The topological polar surface area (TPSA) is 97.0 Å². The third-order valence-corrected chi connectivity index (χ3v) is 4.75. The van der Waals surface area contributed by atoms with E-state index in [1.807, 2.05) is 13.8 Å². The first-order chi connectivity index (χ1) is 14.2. The number of carbonyl (C=O) groups is 3. The zero-order valence-corrected chi connectivity index (χ0v) is 17.4. The Labute approximate surface area is 175 Å². The molecule has 8 heteroatoms. The van der Waals surface area contributed by atoms with E-state index >= 15 is 0 Å². The summed E-state index contributed by atoms with van der Waals surface area (Å²) in [4.78, 5) is 38.0. The van der Waals surface area contributed by atoms with Gasteiger partial charge in [-0.1, -0.05) is 26.0 Å². The van der Waals surface area contributed by atoms with Crippen molar-refractivity contribution in [2.75, 3.05) is 13.7 Å². The number of amides is 4. The molecule has 1 atom stereocenters. The van der Waals surface area contributed by atoms with Crippen LogP contribution in [0.1, 0.15) is 36.7 Å². The van der Waals surface area contributed by atoms with Gasteiger partial charge in [0.25, 0.3) is 11.8 Å². The molecule has 1 heterocycles. The predicted molar refractivity (Wildman–Crippen MR) is 110 cm³/mol. The molecule has 4 amide bonds. The Bertz CT molecular complexity index is 958. The fourth-order valence-corrected chi connectivity index (χ4v) is 3.00. The van der Waals surface area contributed by atoms with Crippen LogP contribution < -0.4 is 20.2 Å². The van der Waals surface area contributed by atoms with E-state index in [-0.39, 0.29) is 0 Å². The highest BCUT2D eigenvalue weighted by atomic mass is 16.5. The lowest BCUT2D eigenvalue weighted by atomic mass is 9.92. The van der Waals surface area contributed by atoms with Gasteiger partial charge in [-0.2, -0.15) is 5.01 Å². The van der Waals surface area contributed by atoms with Gasteiger partial charge in [-0.25, -0.2) is 4.79 Å². The van der Waals surface area contributed by atoms with Crippen LogP contribution in [0.3, 0.4) is 0 Å². The Morgan fingerprint density at radius 2 is 1.83 bits per heavy atom. The summed E-state index contributed by atoms with van der Waals surface area (Å²) in [7, 11) is 1.52. The van der Waals surface area contributed by atoms with Crippen molar-refractivity contribution in [2.45, 2.75) is 26.3 Å². The first-order valence-corrected chi connectivity index (χ1v) is 9.59. The molecule has 0 radical (unpaired) electrons. The monoisotopic (exact) mass is 411 g/mol. The highest BCUT2D eigenvalue weighted by Crippen LogP contribution is 2.30. The predicted octanol–water partition coefficient (Wildman–Crippen LogP) is 2.84. The fraction of sp³-hybridized carbons (Fsp3) is 0.318. The lowest BCUT2D eigenvalue weighted by Gasteiger charge is -2.22. The first-order valence-electron chi connectivity index (χ1n) is 9.59. The number of urea groups is 1. The fourth-order valence-electron chi connectivity index (χ4n) is 3.00. The van der Waals surface area contributed by atoms with E-state index in [1.165, 1.54) is 7.11 Å². The average molecular weight is 411 g/mol. The van der Waals surface area contributed by atoms with Gasteiger partial charge in [0.2, 0.25) is 0 Å². The van der Waals surface area contributed by atoms with Crippen molar-refractivity contribution in [1.29, 1.82) is 0 Å². The number of hydrazine groups is 1. The third-order valence-electron chi connectivity index (χ3n) is 4.75. The van der Waals surface area contributed by atoms with E-state index in [1.54, 1.807) is 55.5 Å². The van der Waals surface area contributed by atoms with E-state index in [0.29, 0.717) is 40.2 Å². The zero-order chi connectivity index (χ0) is 21.9. The summed E-state index contributed by atoms with van der Waals surface area (Å²) < 4.78 is 10.8. The van der Waals surface area contributed by atoms with Crippen LogP contribution in [0.25, 0.3) is 0 Å². The number of ether oxygens (including phenoxy) is 2. The van der Waals surface area contributed by atoms with Gasteiger partial charge in [-0.15, -0.1) is 0 Å². The third kappa shape index (κ3) is 4.22. The lowest BCUT2D eigenvalue weighted by molar-refractivity contribution is -0.132. The average Bonchev–Trinajstić information content (AvgIpc) is 2.96. The van der Waals surface area contributed by atoms with Gasteiger partial charge in [-0.05, 0) is 54.8 Å². The zero-order valence-electron chi connectivity index (χ0n) is 17.4. The van der Waals surface area contributed by atoms with E-state index in [4.69, 9.17) is 9.47 Å². The number of methoxy groups -OCH3 is 1. The summed E-state index contributed by atoms with van der Waals surface area (Å²) in [6, 6.07) is 12.6. The molecule has 158 valence electrons. The smallest absolute Gasteiger partial charge is 0.344 e. The first kappa shape index (κ1) is 21.2. The minimum atomic E-state index is -1.33. The molecule has 0 aliphatic carbocycles. The van der Waals surface area contributed by atoms with Crippen molar-refractivity contribution in [2.24, 2.45) is 5.92 Å². The summed E-state index contributed by atoms with van der Waals surface area (Å²) in [5.74, 6) is 0.403. The Hall–Kier alpha value is -3.55. The number of benzene rings is 2. The van der Waals surface area contributed by atoms with Crippen LogP contribution in [0, 0.1) is 5.92 Å². The maximum atomic E-state index is 13.0. The second-order valence-electron chi connectivity index (χ2n) is 7.60. The van der Waals surface area contributed by atoms with Gasteiger partial charge >= 0.3 is 6.03 Å². The summed E-state index contributed by atoms with van der Waals surface area (Å²) in [6.45, 7) is 6.23. The molecule has 2 aromatic rings. The molecule has 8 nitrogen and oxygen atoms in total. The minimum Gasteiger partial charge on any atom is -0.497 e. The van der Waals surface area contributed by atoms with Crippen LogP contribution in [0.5, 0.6) is 11.5 Å². The molecule has 0 aromatic heterocycles. The largest absolute Gasteiger partial charge is 0.497 e. The quantitative estimate of drug-likeness (QED) is 0.683. The van der Waals surface area contributed by atoms with Crippen LogP contribution in [-0.4, -0.2) is 36.6 Å².